The summed E-state index contributed by atoms with van der Waals surface area (Å²) in [5.41, 5.74) is 0. The molecule has 2 heteroatoms. The average molecular weight is 311 g/mol. The van der Waals surface area contributed by atoms with Gasteiger partial charge in [-0.3, -0.25) is 0 Å². The van der Waals surface area contributed by atoms with Gasteiger partial charge in [-0.15, -0.1) is 0 Å². The van der Waals surface area contributed by atoms with Crippen LogP contribution in [0.25, 0.3) is 0 Å². The van der Waals surface area contributed by atoms with Gasteiger partial charge in [0.25, 0.3) is 0 Å². The van der Waals surface area contributed by atoms with Crippen LogP contribution in [0.2, 0.25) is 12.0 Å². The van der Waals surface area contributed by atoms with Gasteiger partial charge in [-0.25, -0.2) is 0 Å². The van der Waals surface area contributed by atoms with Gasteiger partial charge in [-0.1, -0.05) is 0 Å². The third-order valence-corrected chi connectivity index (χ3v) is 16.6. The fourth-order valence-corrected chi connectivity index (χ4v) is 15.7. The van der Waals surface area contributed by atoms with Gasteiger partial charge >= 0.3 is 103 Å². The van der Waals surface area contributed by atoms with Crippen LogP contribution in [-0.2, 0) is 0 Å². The van der Waals surface area contributed by atoms with Gasteiger partial charge in [0.15, 0.2) is 0 Å². The molecule has 0 aromatic rings. The Hall–Kier alpha value is 0.830. The predicted molar refractivity (Wildman–Crippen MR) is 68.9 cm³/mol. The number of rotatable bonds is 1. The van der Waals surface area contributed by atoms with Crippen LogP contribution in [0.3, 0.4) is 0 Å². The van der Waals surface area contributed by atoms with Gasteiger partial charge in [0.1, 0.15) is 0 Å². The molecule has 0 spiro atoms. The second-order valence-electron chi connectivity index (χ2n) is 5.83. The normalized spacial score (nSPS) is 34.6. The molecule has 2 atom stereocenters. The van der Waals surface area contributed by atoms with E-state index in [2.05, 4.69) is 12.2 Å². The molecule has 0 amide bonds. The molecular weight excluding hydrogens is 285 g/mol. The molecule has 15 heavy (non-hydrogen) atoms. The van der Waals surface area contributed by atoms with Crippen LogP contribution in [0, 0.1) is 5.92 Å². The van der Waals surface area contributed by atoms with Gasteiger partial charge in [0, 0.05) is 0 Å². The van der Waals surface area contributed by atoms with E-state index in [1.165, 1.54) is 36.0 Å². The molecule has 0 bridgehead atoms. The maximum absolute atomic E-state index is 3.55. The van der Waals surface area contributed by atoms with Crippen molar-refractivity contribution < 1.29 is 0 Å². The fourth-order valence-electron chi connectivity index (χ4n) is 3.63. The summed E-state index contributed by atoms with van der Waals surface area (Å²) in [6.45, 7) is 5.12. The third kappa shape index (κ3) is 3.96. The number of hydrogen-bond donors (Lipinski definition) is 1. The van der Waals surface area contributed by atoms with E-state index in [9.17, 15) is 0 Å². The zero-order valence-corrected chi connectivity index (χ0v) is 13.6. The zero-order chi connectivity index (χ0) is 10.5. The van der Waals surface area contributed by atoms with E-state index in [4.69, 9.17) is 0 Å². The van der Waals surface area contributed by atoms with Crippen molar-refractivity contribution in [3.05, 3.63) is 0 Å². The average Bonchev–Trinajstić information content (AvgIpc) is 2.16. The Labute approximate surface area is 103 Å². The van der Waals surface area contributed by atoms with Gasteiger partial charge < -0.3 is 0 Å². The summed E-state index contributed by atoms with van der Waals surface area (Å²) in [5.74, 6) is 1.06. The first-order valence-electron chi connectivity index (χ1n) is 7.07. The van der Waals surface area contributed by atoms with Crippen molar-refractivity contribution in [1.29, 1.82) is 0 Å². The van der Waals surface area contributed by atoms with Gasteiger partial charge in [0.05, 0.1) is 0 Å². The summed E-state index contributed by atoms with van der Waals surface area (Å²) in [5, 5.41) is 3.55. The Bertz CT molecular complexity index is 175. The molecule has 0 radical (unpaired) electrons. The van der Waals surface area contributed by atoms with Crippen molar-refractivity contribution in [3.8, 4) is 0 Å². The molecule has 1 saturated carbocycles. The first-order valence-corrected chi connectivity index (χ1v) is 13.6. The van der Waals surface area contributed by atoms with E-state index in [0.717, 1.165) is 5.92 Å². The third-order valence-electron chi connectivity index (χ3n) is 4.50. The second kappa shape index (κ2) is 6.54. The molecule has 86 valence electrons. The van der Waals surface area contributed by atoms with E-state index in [1.807, 2.05) is 0 Å². The van der Waals surface area contributed by atoms with Crippen molar-refractivity contribution in [1.82, 2.24) is 5.32 Å². The molecule has 1 aliphatic carbocycles. The summed E-state index contributed by atoms with van der Waals surface area (Å²) in [4.78, 5) is 0. The Morgan fingerprint density at radius 3 is 2.40 bits per heavy atom. The van der Waals surface area contributed by atoms with Crippen LogP contribution in [0.1, 0.15) is 45.4 Å². The van der Waals surface area contributed by atoms with Gasteiger partial charge in [-0.2, -0.15) is 0 Å². The minimum atomic E-state index is -1.09. The monoisotopic (exact) mass is 311 g/mol. The molecule has 2 aliphatic rings. The fraction of sp³-hybridized carbons (Fsp3) is 1.00. The number of nitrogens with one attached hydrogen (secondary N) is 1. The summed E-state index contributed by atoms with van der Waals surface area (Å²) >= 11 is -1.09. The van der Waals surface area contributed by atoms with Crippen molar-refractivity contribution in [2.24, 2.45) is 5.92 Å². The molecule has 0 aromatic heterocycles. The zero-order valence-electron chi connectivity index (χ0n) is 10.3. The topological polar surface area (TPSA) is 12.0 Å². The van der Waals surface area contributed by atoms with Crippen LogP contribution in [-0.4, -0.2) is 34.5 Å². The first-order chi connectivity index (χ1) is 7.36. The molecule has 0 aromatic carbocycles. The summed E-state index contributed by atoms with van der Waals surface area (Å²) in [7, 11) is 0. The molecule has 1 nitrogen and oxygen atoms in total. The Morgan fingerprint density at radius 1 is 1.00 bits per heavy atom. The quantitative estimate of drug-likeness (QED) is 0.782. The standard InChI is InChI=1S/C7H13.C6H13N.In/c1-7-5-3-2-4-6-7;1-3-5-7-6-4-2;/h3,7H,2,4-6H2,1H3;7H,1-6H2;. The minimum absolute atomic E-state index is 1.06. The van der Waals surface area contributed by atoms with Crippen molar-refractivity contribution in [2.45, 2.75) is 57.5 Å². The van der Waals surface area contributed by atoms with E-state index in [1.54, 1.807) is 27.6 Å². The first kappa shape index (κ1) is 12.3. The van der Waals surface area contributed by atoms with Crippen molar-refractivity contribution in [2.75, 3.05) is 13.1 Å². The summed E-state index contributed by atoms with van der Waals surface area (Å²) < 4.78 is 4.69. The van der Waals surface area contributed by atoms with Gasteiger partial charge in [0.2, 0.25) is 0 Å². The van der Waals surface area contributed by atoms with Crippen LogP contribution < -0.4 is 5.32 Å². The van der Waals surface area contributed by atoms with Crippen LogP contribution in [0.4, 0.5) is 0 Å². The molecule has 2 rings (SSSR count). The van der Waals surface area contributed by atoms with E-state index in [0.29, 0.717) is 0 Å². The molecule has 1 saturated heterocycles. The Morgan fingerprint density at radius 2 is 1.73 bits per heavy atom. The summed E-state index contributed by atoms with van der Waals surface area (Å²) in [6.07, 6.45) is 9.33. The maximum atomic E-state index is 3.55. The SMILES string of the molecule is CC1CCC[CH]([In]2[CH2]CCNCC[CH2]2)C1. The van der Waals surface area contributed by atoms with Crippen molar-refractivity contribution >= 4 is 21.4 Å². The van der Waals surface area contributed by atoms with E-state index >= 15 is 0 Å². The van der Waals surface area contributed by atoms with Crippen LogP contribution in [0.15, 0.2) is 0 Å². The van der Waals surface area contributed by atoms with Gasteiger partial charge in [-0.05, 0) is 0 Å². The molecule has 1 heterocycles. The Balaban J connectivity index is 1.83. The molecule has 1 aliphatic heterocycles. The van der Waals surface area contributed by atoms with Crippen molar-refractivity contribution in [3.63, 3.8) is 0 Å². The summed E-state index contributed by atoms with van der Waals surface area (Å²) in [6, 6.07) is 0. The van der Waals surface area contributed by atoms with Crippen LogP contribution in [0.5, 0.6) is 0 Å². The molecule has 2 fully saturated rings. The molecular formula is C13H26InN. The number of hydrogen-bond acceptors (Lipinski definition) is 1. The Kier molecular flexibility index (Phi) is 5.36. The van der Waals surface area contributed by atoms with Crippen LogP contribution >= 0.6 is 0 Å². The molecule has 1 N–H and O–H groups in total. The van der Waals surface area contributed by atoms with E-state index in [-0.39, 0.29) is 0 Å². The molecule has 2 unspecified atom stereocenters. The predicted octanol–water partition coefficient (Wildman–Crippen LogP) is 3.44. The van der Waals surface area contributed by atoms with E-state index < -0.39 is 21.4 Å². The second-order valence-corrected chi connectivity index (χ2v) is 16.2.